The maximum absolute atomic E-state index is 8.93. The second kappa shape index (κ2) is 7.77. The average molecular weight is 315 g/mol. The number of anilines is 1. The highest BCUT2D eigenvalue weighted by molar-refractivity contribution is 9.10. The van der Waals surface area contributed by atoms with E-state index in [1.54, 1.807) is 0 Å². The van der Waals surface area contributed by atoms with Crippen molar-refractivity contribution in [1.82, 2.24) is 5.32 Å². The van der Waals surface area contributed by atoms with Gasteiger partial charge in [-0.25, -0.2) is 0 Å². The van der Waals surface area contributed by atoms with E-state index in [2.05, 4.69) is 58.2 Å². The third-order valence-corrected chi connectivity index (χ3v) is 3.85. The van der Waals surface area contributed by atoms with E-state index in [4.69, 9.17) is 5.11 Å². The Labute approximate surface area is 118 Å². The number of rotatable bonds is 7. The third-order valence-electron chi connectivity index (χ3n) is 3.21. The van der Waals surface area contributed by atoms with E-state index in [1.165, 1.54) is 11.3 Å². The molecule has 0 aromatic heterocycles. The number of nitrogens with zero attached hydrogens (tertiary/aromatic N) is 1. The van der Waals surface area contributed by atoms with Crippen LogP contribution in [0.3, 0.4) is 0 Å². The van der Waals surface area contributed by atoms with Crippen molar-refractivity contribution in [2.45, 2.75) is 26.3 Å². The van der Waals surface area contributed by atoms with E-state index in [0.717, 1.165) is 24.0 Å². The molecule has 0 aliphatic carbocycles. The molecule has 0 radical (unpaired) electrons. The Morgan fingerprint density at radius 1 is 1.44 bits per heavy atom. The highest BCUT2D eigenvalue weighted by Gasteiger charge is 2.10. The van der Waals surface area contributed by atoms with Crippen LogP contribution in [-0.4, -0.2) is 31.9 Å². The molecule has 0 amide bonds. The van der Waals surface area contributed by atoms with Crippen LogP contribution in [0.2, 0.25) is 0 Å². The second-order valence-electron chi connectivity index (χ2n) is 4.38. The summed E-state index contributed by atoms with van der Waals surface area (Å²) in [5.74, 6) is 0. The van der Waals surface area contributed by atoms with Gasteiger partial charge in [0.25, 0.3) is 0 Å². The fourth-order valence-electron chi connectivity index (χ4n) is 1.93. The van der Waals surface area contributed by atoms with Crippen LogP contribution in [0.25, 0.3) is 0 Å². The quantitative estimate of drug-likeness (QED) is 0.812. The Kier molecular flexibility index (Phi) is 6.68. The Balaban J connectivity index is 2.89. The van der Waals surface area contributed by atoms with Crippen molar-refractivity contribution in [3.05, 3.63) is 28.2 Å². The molecule has 2 N–H and O–H groups in total. The summed E-state index contributed by atoms with van der Waals surface area (Å²) in [5, 5.41) is 12.2. The molecule has 1 unspecified atom stereocenters. The fourth-order valence-corrected chi connectivity index (χ4v) is 2.57. The van der Waals surface area contributed by atoms with Crippen molar-refractivity contribution in [3.8, 4) is 0 Å². The van der Waals surface area contributed by atoms with Gasteiger partial charge in [0.15, 0.2) is 0 Å². The molecule has 1 aromatic rings. The number of benzene rings is 1. The highest BCUT2D eigenvalue weighted by Crippen LogP contribution is 2.29. The minimum Gasteiger partial charge on any atom is -0.396 e. The van der Waals surface area contributed by atoms with Crippen molar-refractivity contribution in [1.29, 1.82) is 0 Å². The zero-order valence-corrected chi connectivity index (χ0v) is 13.0. The van der Waals surface area contributed by atoms with Crippen LogP contribution in [0.5, 0.6) is 0 Å². The highest BCUT2D eigenvalue weighted by atomic mass is 79.9. The van der Waals surface area contributed by atoms with E-state index < -0.39 is 0 Å². The zero-order valence-electron chi connectivity index (χ0n) is 11.4. The summed E-state index contributed by atoms with van der Waals surface area (Å²) in [4.78, 5) is 2.27. The average Bonchev–Trinajstić information content (AvgIpc) is 2.40. The van der Waals surface area contributed by atoms with Gasteiger partial charge < -0.3 is 15.3 Å². The van der Waals surface area contributed by atoms with Gasteiger partial charge in [-0.05, 0) is 60.9 Å². The van der Waals surface area contributed by atoms with Gasteiger partial charge in [-0.2, -0.15) is 0 Å². The summed E-state index contributed by atoms with van der Waals surface area (Å²) in [6.07, 6.45) is 0.801. The Bertz CT molecular complexity index is 371. The monoisotopic (exact) mass is 314 g/mol. The molecule has 1 atom stereocenters. The van der Waals surface area contributed by atoms with Gasteiger partial charge in [-0.15, -0.1) is 0 Å². The summed E-state index contributed by atoms with van der Waals surface area (Å²) in [7, 11) is 1.96. The van der Waals surface area contributed by atoms with Gasteiger partial charge in [0.05, 0.1) is 5.69 Å². The lowest BCUT2D eigenvalue weighted by Crippen LogP contribution is -2.25. The van der Waals surface area contributed by atoms with Crippen LogP contribution in [0.4, 0.5) is 5.69 Å². The number of nitrogens with one attached hydrogen (secondary N) is 1. The van der Waals surface area contributed by atoms with Crippen molar-refractivity contribution < 1.29 is 5.11 Å². The largest absolute Gasteiger partial charge is 0.396 e. The maximum atomic E-state index is 8.93. The molecule has 0 saturated heterocycles. The van der Waals surface area contributed by atoms with Crippen LogP contribution in [0.1, 0.15) is 31.9 Å². The molecule has 0 aliphatic heterocycles. The van der Waals surface area contributed by atoms with E-state index in [0.29, 0.717) is 6.04 Å². The minimum absolute atomic E-state index is 0.239. The maximum Gasteiger partial charge on any atom is 0.0510 e. The molecule has 0 heterocycles. The number of aliphatic hydroxyl groups is 1. The summed E-state index contributed by atoms with van der Waals surface area (Å²) in [6, 6.07) is 6.82. The van der Waals surface area contributed by atoms with Crippen molar-refractivity contribution in [2.24, 2.45) is 0 Å². The molecule has 102 valence electrons. The van der Waals surface area contributed by atoms with Crippen molar-refractivity contribution >= 4 is 21.6 Å². The van der Waals surface area contributed by atoms with Gasteiger partial charge in [-0.1, -0.05) is 6.07 Å². The molecule has 1 rings (SSSR count). The zero-order chi connectivity index (χ0) is 13.5. The topological polar surface area (TPSA) is 35.5 Å². The van der Waals surface area contributed by atoms with Gasteiger partial charge in [0.1, 0.15) is 0 Å². The van der Waals surface area contributed by atoms with E-state index in [1.807, 2.05) is 7.05 Å². The van der Waals surface area contributed by atoms with Gasteiger partial charge in [0, 0.05) is 30.2 Å². The smallest absolute Gasteiger partial charge is 0.0510 e. The first-order chi connectivity index (χ1) is 8.63. The summed E-state index contributed by atoms with van der Waals surface area (Å²) in [5.41, 5.74) is 2.46. The molecule has 3 nitrogen and oxygen atoms in total. The predicted octanol–water partition coefficient (Wildman–Crippen LogP) is 2.94. The predicted molar refractivity (Wildman–Crippen MR) is 81.2 cm³/mol. The Morgan fingerprint density at radius 3 is 2.67 bits per heavy atom. The van der Waals surface area contributed by atoms with Crippen molar-refractivity contribution in [2.75, 3.05) is 31.6 Å². The van der Waals surface area contributed by atoms with Crippen LogP contribution in [-0.2, 0) is 0 Å². The van der Waals surface area contributed by atoms with Crippen LogP contribution >= 0.6 is 15.9 Å². The van der Waals surface area contributed by atoms with E-state index >= 15 is 0 Å². The Hall–Kier alpha value is -0.580. The van der Waals surface area contributed by atoms with Crippen LogP contribution in [0, 0.1) is 0 Å². The summed E-state index contributed by atoms with van der Waals surface area (Å²) in [6.45, 7) is 6.34. The van der Waals surface area contributed by atoms with Crippen LogP contribution in [0.15, 0.2) is 22.7 Å². The van der Waals surface area contributed by atoms with E-state index in [9.17, 15) is 0 Å². The molecular formula is C14H23BrN2O. The standard InChI is InChI=1S/C14H23BrN2O/c1-4-17(8-5-9-18)14-7-6-12(10-13(14)15)11(2)16-3/h6-7,10-11,16,18H,4-5,8-9H2,1-3H3. The number of hydrogen-bond acceptors (Lipinski definition) is 3. The summed E-state index contributed by atoms with van der Waals surface area (Å²) < 4.78 is 1.11. The molecule has 0 aliphatic rings. The third kappa shape index (κ3) is 3.97. The van der Waals surface area contributed by atoms with E-state index in [-0.39, 0.29) is 6.61 Å². The lowest BCUT2D eigenvalue weighted by atomic mass is 10.1. The molecule has 0 spiro atoms. The number of hydrogen-bond donors (Lipinski definition) is 2. The fraction of sp³-hybridized carbons (Fsp3) is 0.571. The first kappa shape index (κ1) is 15.5. The molecule has 18 heavy (non-hydrogen) atoms. The van der Waals surface area contributed by atoms with Crippen molar-refractivity contribution in [3.63, 3.8) is 0 Å². The van der Waals surface area contributed by atoms with Gasteiger partial charge in [0.2, 0.25) is 0 Å². The lowest BCUT2D eigenvalue weighted by molar-refractivity contribution is 0.289. The molecule has 0 bridgehead atoms. The SMILES string of the molecule is CCN(CCCO)c1ccc(C(C)NC)cc1Br. The molecule has 4 heteroatoms. The number of halogens is 1. The normalized spacial score (nSPS) is 12.5. The van der Waals surface area contributed by atoms with Crippen LogP contribution < -0.4 is 10.2 Å². The first-order valence-corrected chi connectivity index (χ1v) is 7.25. The second-order valence-corrected chi connectivity index (χ2v) is 5.23. The molecule has 1 aromatic carbocycles. The molecular weight excluding hydrogens is 292 g/mol. The molecule has 0 fully saturated rings. The lowest BCUT2D eigenvalue weighted by Gasteiger charge is -2.25. The first-order valence-electron chi connectivity index (χ1n) is 6.46. The Morgan fingerprint density at radius 2 is 2.17 bits per heavy atom. The van der Waals surface area contributed by atoms with Gasteiger partial charge >= 0.3 is 0 Å². The number of aliphatic hydroxyl groups excluding tert-OH is 1. The summed E-state index contributed by atoms with van der Waals surface area (Å²) >= 11 is 3.65. The molecule has 0 saturated carbocycles. The minimum atomic E-state index is 0.239. The van der Waals surface area contributed by atoms with Gasteiger partial charge in [-0.3, -0.25) is 0 Å².